The highest BCUT2D eigenvalue weighted by atomic mass is 16.5. The lowest BCUT2D eigenvalue weighted by Crippen LogP contribution is -2.27. The number of carbonyl (C=O) groups is 1. The Labute approximate surface area is 120 Å². The van der Waals surface area contributed by atoms with E-state index in [0.29, 0.717) is 11.3 Å². The fraction of sp³-hybridized carbons (Fsp3) is 0.625. The smallest absolute Gasteiger partial charge is 0.170 e. The fourth-order valence-electron chi connectivity index (χ4n) is 2.80. The second-order valence-electron chi connectivity index (χ2n) is 5.87. The molecule has 0 spiro atoms. The number of pyridine rings is 1. The van der Waals surface area contributed by atoms with Crippen molar-refractivity contribution in [2.24, 2.45) is 11.8 Å². The Morgan fingerprint density at radius 2 is 1.95 bits per heavy atom. The molecular formula is C16H23NO3. The quantitative estimate of drug-likeness (QED) is 0.793. The van der Waals surface area contributed by atoms with Crippen LogP contribution in [-0.2, 0) is 4.74 Å². The van der Waals surface area contributed by atoms with Crippen LogP contribution in [0.4, 0.5) is 0 Å². The van der Waals surface area contributed by atoms with E-state index in [1.165, 1.54) is 0 Å². The number of ketones is 1. The maximum Gasteiger partial charge on any atom is 0.170 e. The van der Waals surface area contributed by atoms with Gasteiger partial charge in [0.05, 0.1) is 30.4 Å². The van der Waals surface area contributed by atoms with Gasteiger partial charge in [-0.25, -0.2) is 0 Å². The number of ether oxygens (including phenoxy) is 2. The van der Waals surface area contributed by atoms with E-state index in [9.17, 15) is 4.79 Å². The van der Waals surface area contributed by atoms with Gasteiger partial charge in [-0.2, -0.15) is 0 Å². The summed E-state index contributed by atoms with van der Waals surface area (Å²) in [5.41, 5.74) is 0.601. The van der Waals surface area contributed by atoms with Gasteiger partial charge in [0.2, 0.25) is 0 Å². The molecule has 110 valence electrons. The number of rotatable bonds is 4. The van der Waals surface area contributed by atoms with Crippen LogP contribution in [0.15, 0.2) is 18.5 Å². The highest BCUT2D eigenvalue weighted by Crippen LogP contribution is 2.34. The number of nitrogens with zero attached hydrogens (tertiary/aromatic N) is 1. The summed E-state index contributed by atoms with van der Waals surface area (Å²) < 4.78 is 11.3. The number of hydrogen-bond acceptors (Lipinski definition) is 4. The van der Waals surface area contributed by atoms with Gasteiger partial charge in [0.15, 0.2) is 5.78 Å². The molecular weight excluding hydrogens is 254 g/mol. The van der Waals surface area contributed by atoms with Crippen LogP contribution < -0.4 is 4.74 Å². The Kier molecular flexibility index (Phi) is 4.43. The average Bonchev–Trinajstić information content (AvgIpc) is 2.62. The Morgan fingerprint density at radius 3 is 2.50 bits per heavy atom. The van der Waals surface area contributed by atoms with E-state index in [-0.39, 0.29) is 35.9 Å². The van der Waals surface area contributed by atoms with Gasteiger partial charge in [-0.3, -0.25) is 9.78 Å². The highest BCUT2D eigenvalue weighted by molar-refractivity contribution is 5.98. The maximum atomic E-state index is 12.7. The number of Topliss-reactive ketones (excluding diaryl/α,β-unsaturated/α-hetero) is 1. The van der Waals surface area contributed by atoms with Crippen LogP contribution in [0.25, 0.3) is 0 Å². The first-order valence-electron chi connectivity index (χ1n) is 7.21. The van der Waals surface area contributed by atoms with Gasteiger partial charge in [-0.15, -0.1) is 0 Å². The molecule has 4 nitrogen and oxygen atoms in total. The van der Waals surface area contributed by atoms with Crippen molar-refractivity contribution in [2.45, 2.75) is 52.9 Å². The van der Waals surface area contributed by atoms with Gasteiger partial charge >= 0.3 is 0 Å². The third-order valence-electron chi connectivity index (χ3n) is 3.91. The molecule has 1 fully saturated rings. The first kappa shape index (κ1) is 15.0. The zero-order valence-corrected chi connectivity index (χ0v) is 12.8. The van der Waals surface area contributed by atoms with E-state index >= 15 is 0 Å². The lowest BCUT2D eigenvalue weighted by molar-refractivity contribution is 0.0491. The average molecular weight is 277 g/mol. The van der Waals surface area contributed by atoms with Crippen LogP contribution in [0.1, 0.15) is 45.0 Å². The lowest BCUT2D eigenvalue weighted by Gasteiger charge is -2.17. The summed E-state index contributed by atoms with van der Waals surface area (Å²) in [6.45, 7) is 9.95. The van der Waals surface area contributed by atoms with Gasteiger partial charge < -0.3 is 9.47 Å². The maximum absolute atomic E-state index is 12.7. The summed E-state index contributed by atoms with van der Waals surface area (Å²) in [5, 5.41) is 0. The van der Waals surface area contributed by atoms with Crippen molar-refractivity contribution in [3.63, 3.8) is 0 Å². The van der Waals surface area contributed by atoms with Gasteiger partial charge in [0, 0.05) is 11.8 Å². The summed E-state index contributed by atoms with van der Waals surface area (Å²) in [7, 11) is 0. The van der Waals surface area contributed by atoms with Crippen LogP contribution in [0.5, 0.6) is 5.75 Å². The molecule has 2 heterocycles. The Morgan fingerprint density at radius 1 is 1.25 bits per heavy atom. The number of carbonyl (C=O) groups excluding carboxylic acids is 1. The largest absolute Gasteiger partial charge is 0.489 e. The second kappa shape index (κ2) is 5.92. The highest BCUT2D eigenvalue weighted by Gasteiger charge is 2.41. The summed E-state index contributed by atoms with van der Waals surface area (Å²) in [6.07, 6.45) is 3.37. The first-order valence-corrected chi connectivity index (χ1v) is 7.21. The predicted molar refractivity (Wildman–Crippen MR) is 77.0 cm³/mol. The Balaban J connectivity index is 2.21. The standard InChI is InChI=1S/C16H23NO3/c1-9(2)19-14-6-13(7-17-8-14)16(18)15-10(3)11(4)20-12(15)5/h6-12,15H,1-5H3. The minimum Gasteiger partial charge on any atom is -0.489 e. The molecule has 0 radical (unpaired) electrons. The topological polar surface area (TPSA) is 48.4 Å². The van der Waals surface area contributed by atoms with Crippen LogP contribution in [0, 0.1) is 11.8 Å². The first-order chi connectivity index (χ1) is 9.40. The van der Waals surface area contributed by atoms with E-state index in [4.69, 9.17) is 9.47 Å². The normalized spacial score (nSPS) is 29.7. The monoisotopic (exact) mass is 277 g/mol. The van der Waals surface area contributed by atoms with Crippen molar-refractivity contribution in [1.82, 2.24) is 4.98 Å². The summed E-state index contributed by atoms with van der Waals surface area (Å²) >= 11 is 0. The molecule has 1 aliphatic rings. The van der Waals surface area contributed by atoms with Crippen molar-refractivity contribution in [1.29, 1.82) is 0 Å². The van der Waals surface area contributed by atoms with Crippen molar-refractivity contribution in [3.05, 3.63) is 24.0 Å². The third kappa shape index (κ3) is 3.01. The van der Waals surface area contributed by atoms with E-state index in [1.54, 1.807) is 18.5 Å². The SMILES string of the molecule is CC(C)Oc1cncc(C(=O)C2C(C)OC(C)C2C)c1. The molecule has 0 aliphatic carbocycles. The lowest BCUT2D eigenvalue weighted by atomic mass is 9.84. The molecule has 0 N–H and O–H groups in total. The van der Waals surface area contributed by atoms with E-state index in [0.717, 1.165) is 0 Å². The molecule has 1 aliphatic heterocycles. The zero-order valence-electron chi connectivity index (χ0n) is 12.8. The van der Waals surface area contributed by atoms with Crippen molar-refractivity contribution >= 4 is 5.78 Å². The molecule has 4 unspecified atom stereocenters. The zero-order chi connectivity index (χ0) is 14.9. The minimum atomic E-state index is -0.110. The van der Waals surface area contributed by atoms with Crippen LogP contribution >= 0.6 is 0 Å². The Bertz CT molecular complexity index is 486. The van der Waals surface area contributed by atoms with E-state index in [2.05, 4.69) is 11.9 Å². The van der Waals surface area contributed by atoms with Gasteiger partial charge in [-0.1, -0.05) is 6.92 Å². The van der Waals surface area contributed by atoms with Gasteiger partial charge in [-0.05, 0) is 39.7 Å². The van der Waals surface area contributed by atoms with E-state index < -0.39 is 0 Å². The summed E-state index contributed by atoms with van der Waals surface area (Å²) in [5.74, 6) is 0.836. The molecule has 20 heavy (non-hydrogen) atoms. The van der Waals surface area contributed by atoms with Crippen LogP contribution in [0.2, 0.25) is 0 Å². The molecule has 0 saturated carbocycles. The summed E-state index contributed by atoms with van der Waals surface area (Å²) in [4.78, 5) is 16.8. The third-order valence-corrected chi connectivity index (χ3v) is 3.91. The van der Waals surface area contributed by atoms with Crippen molar-refractivity contribution in [3.8, 4) is 5.75 Å². The van der Waals surface area contributed by atoms with Gasteiger partial charge in [0.25, 0.3) is 0 Å². The Hall–Kier alpha value is -1.42. The van der Waals surface area contributed by atoms with E-state index in [1.807, 2.05) is 27.7 Å². The predicted octanol–water partition coefficient (Wildman–Crippen LogP) is 3.11. The molecule has 1 aromatic rings. The molecule has 2 rings (SSSR count). The number of aromatic nitrogens is 1. The molecule has 1 saturated heterocycles. The van der Waals surface area contributed by atoms with Gasteiger partial charge in [0.1, 0.15) is 5.75 Å². The molecule has 1 aromatic heterocycles. The molecule has 0 aromatic carbocycles. The van der Waals surface area contributed by atoms with Crippen LogP contribution in [0.3, 0.4) is 0 Å². The second-order valence-corrected chi connectivity index (χ2v) is 5.87. The molecule has 4 heteroatoms. The molecule has 4 atom stereocenters. The fourth-order valence-corrected chi connectivity index (χ4v) is 2.80. The van der Waals surface area contributed by atoms with Crippen molar-refractivity contribution in [2.75, 3.05) is 0 Å². The molecule has 0 amide bonds. The minimum absolute atomic E-state index is 0.0535. The molecule has 0 bridgehead atoms. The van der Waals surface area contributed by atoms with Crippen LogP contribution in [-0.4, -0.2) is 29.1 Å². The number of hydrogen-bond donors (Lipinski definition) is 0. The summed E-state index contributed by atoms with van der Waals surface area (Å²) in [6, 6.07) is 1.78. The van der Waals surface area contributed by atoms with Crippen molar-refractivity contribution < 1.29 is 14.3 Å².